The van der Waals surface area contributed by atoms with Crippen molar-refractivity contribution in [3.63, 3.8) is 0 Å². The third-order valence-corrected chi connectivity index (χ3v) is 4.06. The van der Waals surface area contributed by atoms with E-state index in [0.717, 1.165) is 22.2 Å². The van der Waals surface area contributed by atoms with Crippen molar-refractivity contribution in [3.05, 3.63) is 36.4 Å². The van der Waals surface area contributed by atoms with Crippen LogP contribution in [0.3, 0.4) is 0 Å². The van der Waals surface area contributed by atoms with Crippen LogP contribution in [0.15, 0.2) is 30.9 Å². The van der Waals surface area contributed by atoms with Gasteiger partial charge in [-0.25, -0.2) is 9.97 Å². The highest BCUT2D eigenvalue weighted by Gasteiger charge is 2.09. The van der Waals surface area contributed by atoms with E-state index in [0.29, 0.717) is 18.1 Å². The lowest BCUT2D eigenvalue weighted by molar-refractivity contribution is -0.116. The summed E-state index contributed by atoms with van der Waals surface area (Å²) in [5, 5.41) is 7.52. The van der Waals surface area contributed by atoms with Gasteiger partial charge in [0.1, 0.15) is 12.7 Å². The van der Waals surface area contributed by atoms with Gasteiger partial charge in [-0.15, -0.1) is 0 Å². The Hall–Kier alpha value is -2.28. The van der Waals surface area contributed by atoms with E-state index >= 15 is 0 Å². The molecule has 6 nitrogen and oxygen atoms in total. The molecule has 21 heavy (non-hydrogen) atoms. The quantitative estimate of drug-likeness (QED) is 0.786. The number of amides is 1. The predicted molar refractivity (Wildman–Crippen MR) is 82.2 cm³/mol. The first-order valence-corrected chi connectivity index (χ1v) is 7.52. The van der Waals surface area contributed by atoms with Gasteiger partial charge in [0.25, 0.3) is 0 Å². The molecule has 0 aliphatic heterocycles. The zero-order valence-corrected chi connectivity index (χ0v) is 12.4. The highest BCUT2D eigenvalue weighted by atomic mass is 32.1. The summed E-state index contributed by atoms with van der Waals surface area (Å²) in [7, 11) is 0. The lowest BCUT2D eigenvalue weighted by Crippen LogP contribution is -2.12. The maximum atomic E-state index is 11.9. The molecule has 0 radical (unpaired) electrons. The molecule has 1 aromatic carbocycles. The summed E-state index contributed by atoms with van der Waals surface area (Å²) < 4.78 is 2.81. The second-order valence-electron chi connectivity index (χ2n) is 4.75. The molecule has 1 N–H and O–H groups in total. The smallest absolute Gasteiger partial charge is 0.226 e. The zero-order chi connectivity index (χ0) is 14.7. The van der Waals surface area contributed by atoms with E-state index in [-0.39, 0.29) is 5.91 Å². The number of anilines is 1. The van der Waals surface area contributed by atoms with Gasteiger partial charge in [-0.3, -0.25) is 9.48 Å². The number of nitrogens with one attached hydrogen (secondary N) is 1. The number of aromatic nitrogens is 4. The van der Waals surface area contributed by atoms with Crippen molar-refractivity contribution in [2.45, 2.75) is 26.3 Å². The van der Waals surface area contributed by atoms with Gasteiger partial charge in [-0.05, 0) is 25.0 Å². The van der Waals surface area contributed by atoms with E-state index in [1.165, 1.54) is 17.7 Å². The number of thiazole rings is 1. The van der Waals surface area contributed by atoms with E-state index in [1.807, 2.05) is 25.1 Å². The van der Waals surface area contributed by atoms with Crippen LogP contribution in [0.25, 0.3) is 10.2 Å². The molecule has 0 aliphatic rings. The fraction of sp³-hybridized carbons (Fsp3) is 0.286. The first-order chi connectivity index (χ1) is 10.2. The van der Waals surface area contributed by atoms with Crippen LogP contribution < -0.4 is 5.32 Å². The second kappa shape index (κ2) is 6.01. The van der Waals surface area contributed by atoms with E-state index in [9.17, 15) is 4.79 Å². The Morgan fingerprint density at radius 2 is 2.33 bits per heavy atom. The van der Waals surface area contributed by atoms with Gasteiger partial charge in [0.05, 0.1) is 10.2 Å². The molecule has 0 atom stereocenters. The van der Waals surface area contributed by atoms with Crippen LogP contribution in [0.2, 0.25) is 0 Å². The fourth-order valence-electron chi connectivity index (χ4n) is 2.07. The summed E-state index contributed by atoms with van der Waals surface area (Å²) in [5.74, 6) is -0.0215. The molecule has 0 spiro atoms. The second-order valence-corrected chi connectivity index (χ2v) is 5.78. The summed E-state index contributed by atoms with van der Waals surface area (Å²) in [6, 6.07) is 6.03. The van der Waals surface area contributed by atoms with Crippen LogP contribution in [-0.4, -0.2) is 25.7 Å². The van der Waals surface area contributed by atoms with Gasteiger partial charge >= 0.3 is 0 Å². The minimum Gasteiger partial charge on any atom is -0.302 e. The van der Waals surface area contributed by atoms with Gasteiger partial charge in [0.2, 0.25) is 5.91 Å². The Morgan fingerprint density at radius 1 is 1.43 bits per heavy atom. The van der Waals surface area contributed by atoms with Crippen molar-refractivity contribution in [2.75, 3.05) is 5.32 Å². The summed E-state index contributed by atoms with van der Waals surface area (Å²) in [4.78, 5) is 20.2. The number of carbonyl (C=O) groups excluding carboxylic acids is 1. The lowest BCUT2D eigenvalue weighted by Gasteiger charge is -2.01. The number of fused-ring (bicyclic) bond motifs is 1. The molecule has 3 aromatic rings. The number of nitrogens with zero attached hydrogens (tertiary/aromatic N) is 4. The van der Waals surface area contributed by atoms with E-state index < -0.39 is 0 Å². The first kappa shape index (κ1) is 13.7. The molecule has 3 rings (SSSR count). The molecule has 0 unspecified atom stereocenters. The Bertz CT molecular complexity index is 750. The highest BCUT2D eigenvalue weighted by molar-refractivity contribution is 7.22. The third kappa shape index (κ3) is 3.25. The molecule has 1 amide bonds. The van der Waals surface area contributed by atoms with E-state index in [1.54, 1.807) is 11.0 Å². The average molecular weight is 301 g/mol. The SMILES string of the molecule is Cc1cccc2sc(NC(=O)CCCn3cncn3)nc12. The van der Waals surface area contributed by atoms with E-state index in [4.69, 9.17) is 0 Å². The van der Waals surface area contributed by atoms with Crippen LogP contribution >= 0.6 is 11.3 Å². The zero-order valence-electron chi connectivity index (χ0n) is 11.6. The van der Waals surface area contributed by atoms with E-state index in [2.05, 4.69) is 20.4 Å². The third-order valence-electron chi connectivity index (χ3n) is 3.12. The van der Waals surface area contributed by atoms with Crippen molar-refractivity contribution in [2.24, 2.45) is 0 Å². The minimum atomic E-state index is -0.0215. The van der Waals surface area contributed by atoms with Crippen molar-refractivity contribution in [3.8, 4) is 0 Å². The number of hydrogen-bond donors (Lipinski definition) is 1. The monoisotopic (exact) mass is 301 g/mol. The molecule has 0 fully saturated rings. The Labute approximate surface area is 125 Å². The maximum Gasteiger partial charge on any atom is 0.226 e. The van der Waals surface area contributed by atoms with Crippen LogP contribution in [0, 0.1) is 6.92 Å². The topological polar surface area (TPSA) is 72.7 Å². The molecule has 0 saturated heterocycles. The van der Waals surface area contributed by atoms with Crippen molar-refractivity contribution in [1.29, 1.82) is 0 Å². The standard InChI is InChI=1S/C14H15N5OS/c1-10-4-2-5-11-13(10)18-14(21-11)17-12(20)6-3-7-19-9-15-8-16-19/h2,4-5,8-9H,3,6-7H2,1H3,(H,17,18,20). The number of benzene rings is 1. The van der Waals surface area contributed by atoms with Crippen molar-refractivity contribution in [1.82, 2.24) is 19.7 Å². The van der Waals surface area contributed by atoms with Crippen molar-refractivity contribution >= 4 is 32.6 Å². The molecular weight excluding hydrogens is 286 g/mol. The molecule has 2 aromatic heterocycles. The largest absolute Gasteiger partial charge is 0.302 e. The predicted octanol–water partition coefficient (Wildman–Crippen LogP) is 2.62. The van der Waals surface area contributed by atoms with Crippen LogP contribution in [-0.2, 0) is 11.3 Å². The molecular formula is C14H15N5OS. The van der Waals surface area contributed by atoms with Crippen LogP contribution in [0.1, 0.15) is 18.4 Å². The van der Waals surface area contributed by atoms with Crippen LogP contribution in [0.5, 0.6) is 0 Å². The Kier molecular flexibility index (Phi) is 3.92. The number of aryl methyl sites for hydroxylation is 2. The fourth-order valence-corrected chi connectivity index (χ4v) is 3.03. The summed E-state index contributed by atoms with van der Waals surface area (Å²) >= 11 is 1.50. The minimum absolute atomic E-state index is 0.0215. The Morgan fingerprint density at radius 3 is 3.10 bits per heavy atom. The van der Waals surface area contributed by atoms with Gasteiger partial charge in [-0.2, -0.15) is 5.10 Å². The molecule has 2 heterocycles. The number of para-hydroxylation sites is 1. The number of carbonyl (C=O) groups is 1. The van der Waals surface area contributed by atoms with Crippen LogP contribution in [0.4, 0.5) is 5.13 Å². The molecule has 7 heteroatoms. The van der Waals surface area contributed by atoms with Gasteiger partial charge in [-0.1, -0.05) is 23.5 Å². The van der Waals surface area contributed by atoms with Gasteiger partial charge < -0.3 is 5.32 Å². The number of rotatable bonds is 5. The van der Waals surface area contributed by atoms with Gasteiger partial charge in [0.15, 0.2) is 5.13 Å². The summed E-state index contributed by atoms with van der Waals surface area (Å²) in [6.07, 6.45) is 4.30. The highest BCUT2D eigenvalue weighted by Crippen LogP contribution is 2.27. The van der Waals surface area contributed by atoms with Crippen molar-refractivity contribution < 1.29 is 4.79 Å². The molecule has 108 valence electrons. The number of hydrogen-bond acceptors (Lipinski definition) is 5. The first-order valence-electron chi connectivity index (χ1n) is 6.71. The normalized spacial score (nSPS) is 10.9. The summed E-state index contributed by atoms with van der Waals surface area (Å²) in [6.45, 7) is 2.71. The lowest BCUT2D eigenvalue weighted by atomic mass is 10.2. The Balaban J connectivity index is 1.57. The molecule has 0 bridgehead atoms. The average Bonchev–Trinajstić information content (AvgIpc) is 3.08. The summed E-state index contributed by atoms with van der Waals surface area (Å²) in [5.41, 5.74) is 2.08. The van der Waals surface area contributed by atoms with Gasteiger partial charge in [0, 0.05) is 13.0 Å². The molecule has 0 aliphatic carbocycles. The molecule has 0 saturated carbocycles. The maximum absolute atomic E-state index is 11.9.